The minimum Gasteiger partial charge on any atom is -0.494 e. The number of hydrogen-bond donors (Lipinski definition) is 1. The van der Waals surface area contributed by atoms with Crippen LogP contribution >= 0.6 is 0 Å². The van der Waals surface area contributed by atoms with E-state index < -0.39 is 4.92 Å². The van der Waals surface area contributed by atoms with Crippen molar-refractivity contribution < 1.29 is 19.2 Å². The molecule has 4 atom stereocenters. The Morgan fingerprint density at radius 2 is 1.71 bits per heavy atom. The summed E-state index contributed by atoms with van der Waals surface area (Å²) in [6.07, 6.45) is 8.13. The number of nitrogens with one attached hydrogen (secondary N) is 1. The molecule has 1 N–H and O–H groups in total. The van der Waals surface area contributed by atoms with Gasteiger partial charge in [0.05, 0.1) is 29.1 Å². The van der Waals surface area contributed by atoms with Gasteiger partial charge in [-0.3, -0.25) is 19.7 Å². The molecule has 8 heteroatoms. The summed E-state index contributed by atoms with van der Waals surface area (Å²) < 4.78 is 5.71. The van der Waals surface area contributed by atoms with E-state index >= 15 is 0 Å². The maximum absolute atomic E-state index is 13.1. The summed E-state index contributed by atoms with van der Waals surface area (Å²) in [5, 5.41) is 14.9. The Hall–Kier alpha value is -3.68. The Balaban J connectivity index is 1.33. The predicted octanol–water partition coefficient (Wildman–Crippen LogP) is 5.22. The third-order valence-electron chi connectivity index (χ3n) is 7.06. The highest BCUT2D eigenvalue weighted by Gasteiger charge is 2.59. The zero-order valence-electron chi connectivity index (χ0n) is 19.0. The van der Waals surface area contributed by atoms with Gasteiger partial charge in [0.1, 0.15) is 11.4 Å². The molecule has 5 rings (SSSR count). The zero-order valence-corrected chi connectivity index (χ0v) is 19.0. The predicted molar refractivity (Wildman–Crippen MR) is 128 cm³/mol. The lowest BCUT2D eigenvalue weighted by molar-refractivity contribution is -0.383. The van der Waals surface area contributed by atoms with Gasteiger partial charge in [-0.2, -0.15) is 0 Å². The number of fused-ring (bicyclic) bond motifs is 5. The van der Waals surface area contributed by atoms with Crippen molar-refractivity contribution in [3.05, 3.63) is 64.7 Å². The third-order valence-corrected chi connectivity index (χ3v) is 7.06. The van der Waals surface area contributed by atoms with Crippen molar-refractivity contribution in [1.29, 1.82) is 0 Å². The number of unbranched alkanes of at least 4 members (excludes halogenated alkanes) is 2. The number of rotatable bonds is 9. The van der Waals surface area contributed by atoms with Gasteiger partial charge in [0.2, 0.25) is 11.8 Å². The lowest BCUT2D eigenvalue weighted by atomic mass is 9.85. The first-order chi connectivity index (χ1) is 16.5. The molecule has 1 saturated heterocycles. The number of benzene rings is 2. The van der Waals surface area contributed by atoms with Gasteiger partial charge in [-0.05, 0) is 61.1 Å². The minimum atomic E-state index is -0.506. The summed E-state index contributed by atoms with van der Waals surface area (Å²) in [7, 11) is 0. The number of carbonyl (C=O) groups excluding carboxylic acids is 2. The number of nitro groups is 1. The second kappa shape index (κ2) is 8.93. The topological polar surface area (TPSA) is 102 Å². The second-order valence-corrected chi connectivity index (χ2v) is 9.18. The van der Waals surface area contributed by atoms with Crippen LogP contribution in [0.15, 0.2) is 54.6 Å². The lowest BCUT2D eigenvalue weighted by Gasteiger charge is -2.18. The molecule has 2 bridgehead atoms. The van der Waals surface area contributed by atoms with Gasteiger partial charge >= 0.3 is 0 Å². The van der Waals surface area contributed by atoms with Crippen LogP contribution in [0.2, 0.25) is 0 Å². The molecular weight excluding hydrogens is 434 g/mol. The largest absolute Gasteiger partial charge is 0.494 e. The van der Waals surface area contributed by atoms with Crippen molar-refractivity contribution in [2.24, 2.45) is 23.7 Å². The SMILES string of the molecule is CCCCCOc1ccc(Nc2ccc(N3C(=O)[C@@H]4[C@H](C3=O)[C@H]3C=C[C@H]4C3)cc2[N+](=O)[O-])cc1. The normalized spacial score (nSPS) is 24.6. The molecule has 0 spiro atoms. The molecule has 2 aromatic rings. The van der Waals surface area contributed by atoms with E-state index in [1.54, 1.807) is 24.3 Å². The average molecular weight is 462 g/mol. The first-order valence-corrected chi connectivity index (χ1v) is 11.8. The molecule has 34 heavy (non-hydrogen) atoms. The average Bonchev–Trinajstić information content (AvgIpc) is 3.52. The number of nitrogens with zero attached hydrogens (tertiary/aromatic N) is 2. The zero-order chi connectivity index (χ0) is 23.8. The molecule has 1 aliphatic heterocycles. The Kier molecular flexibility index (Phi) is 5.81. The summed E-state index contributed by atoms with van der Waals surface area (Å²) >= 11 is 0. The van der Waals surface area contributed by atoms with Crippen LogP contribution in [0.5, 0.6) is 5.75 Å². The standard InChI is InChI=1S/C26H27N3O5/c1-2-3-4-13-34-20-10-7-18(8-11-20)27-21-12-9-19(15-22(21)29(32)33)28-25(30)23-16-5-6-17(14-16)24(23)26(28)31/h5-12,15-17,23-24,27H,2-4,13-14H2,1H3/t16-,17-,23-,24+/m0/s1. The van der Waals surface area contributed by atoms with Crippen molar-refractivity contribution in [3.63, 3.8) is 0 Å². The van der Waals surface area contributed by atoms with E-state index in [1.165, 1.54) is 6.07 Å². The Bertz CT molecular complexity index is 1130. The van der Waals surface area contributed by atoms with Gasteiger partial charge in [0, 0.05) is 11.8 Å². The van der Waals surface area contributed by atoms with Gasteiger partial charge in [0.25, 0.3) is 5.69 Å². The number of anilines is 3. The molecule has 1 saturated carbocycles. The fourth-order valence-corrected chi connectivity index (χ4v) is 5.40. The summed E-state index contributed by atoms with van der Waals surface area (Å²) in [5.74, 6) is -0.277. The van der Waals surface area contributed by atoms with E-state index in [2.05, 4.69) is 12.2 Å². The summed E-state index contributed by atoms with van der Waals surface area (Å²) in [4.78, 5) is 38.6. The highest BCUT2D eigenvalue weighted by molar-refractivity contribution is 6.23. The van der Waals surface area contributed by atoms with E-state index in [-0.39, 0.29) is 52.5 Å². The molecule has 0 radical (unpaired) electrons. The Morgan fingerprint density at radius 1 is 1.03 bits per heavy atom. The first-order valence-electron chi connectivity index (χ1n) is 11.8. The van der Waals surface area contributed by atoms with Crippen LogP contribution < -0.4 is 15.0 Å². The molecule has 2 fully saturated rings. The number of allylic oxidation sites excluding steroid dienone is 2. The van der Waals surface area contributed by atoms with Crippen LogP contribution in [-0.2, 0) is 9.59 Å². The molecule has 2 aliphatic carbocycles. The lowest BCUT2D eigenvalue weighted by Crippen LogP contribution is -2.32. The number of amides is 2. The monoisotopic (exact) mass is 461 g/mol. The van der Waals surface area contributed by atoms with Crippen LogP contribution in [0, 0.1) is 33.8 Å². The smallest absolute Gasteiger partial charge is 0.294 e. The number of carbonyl (C=O) groups is 2. The maximum atomic E-state index is 13.1. The molecule has 2 amide bonds. The van der Waals surface area contributed by atoms with Crippen LogP contribution in [0.4, 0.5) is 22.7 Å². The number of ether oxygens (including phenoxy) is 1. The van der Waals surface area contributed by atoms with Gasteiger partial charge in [-0.25, -0.2) is 4.90 Å². The van der Waals surface area contributed by atoms with Crippen LogP contribution in [0.1, 0.15) is 32.6 Å². The fraction of sp³-hybridized carbons (Fsp3) is 0.385. The van der Waals surface area contributed by atoms with Gasteiger partial charge in [0.15, 0.2) is 0 Å². The molecule has 1 heterocycles. The summed E-state index contributed by atoms with van der Waals surface area (Å²) in [6.45, 7) is 2.79. The van der Waals surface area contributed by atoms with Crippen molar-refractivity contribution in [2.45, 2.75) is 32.6 Å². The molecule has 3 aliphatic rings. The summed E-state index contributed by atoms with van der Waals surface area (Å²) in [6, 6.07) is 11.7. The summed E-state index contributed by atoms with van der Waals surface area (Å²) in [5.41, 5.74) is 1.00. The van der Waals surface area contributed by atoms with Crippen molar-refractivity contribution in [1.82, 2.24) is 0 Å². The second-order valence-electron chi connectivity index (χ2n) is 9.18. The molecule has 0 unspecified atom stereocenters. The van der Waals surface area contributed by atoms with Crippen molar-refractivity contribution in [3.8, 4) is 5.75 Å². The van der Waals surface area contributed by atoms with Crippen molar-refractivity contribution >= 4 is 34.6 Å². The number of nitro benzene ring substituents is 1. The highest BCUT2D eigenvalue weighted by Crippen LogP contribution is 2.53. The maximum Gasteiger partial charge on any atom is 0.294 e. The minimum absolute atomic E-state index is 0.0889. The van der Waals surface area contributed by atoms with E-state index in [9.17, 15) is 19.7 Å². The quantitative estimate of drug-likeness (QED) is 0.181. The van der Waals surface area contributed by atoms with E-state index in [4.69, 9.17) is 4.74 Å². The fourth-order valence-electron chi connectivity index (χ4n) is 5.40. The van der Waals surface area contributed by atoms with E-state index in [0.717, 1.165) is 36.3 Å². The Morgan fingerprint density at radius 3 is 2.32 bits per heavy atom. The van der Waals surface area contributed by atoms with Crippen molar-refractivity contribution in [2.75, 3.05) is 16.8 Å². The molecule has 0 aromatic heterocycles. The van der Waals surface area contributed by atoms with E-state index in [1.807, 2.05) is 24.3 Å². The van der Waals surface area contributed by atoms with Crippen LogP contribution in [-0.4, -0.2) is 23.3 Å². The van der Waals surface area contributed by atoms with Crippen LogP contribution in [0.25, 0.3) is 0 Å². The molecular formula is C26H27N3O5. The Labute approximate surface area is 197 Å². The first kappa shape index (κ1) is 22.1. The van der Waals surface area contributed by atoms with Crippen LogP contribution in [0.3, 0.4) is 0 Å². The molecule has 176 valence electrons. The molecule has 2 aromatic carbocycles. The highest BCUT2D eigenvalue weighted by atomic mass is 16.6. The van der Waals surface area contributed by atoms with Gasteiger partial charge in [-0.15, -0.1) is 0 Å². The van der Waals surface area contributed by atoms with Gasteiger partial charge < -0.3 is 10.1 Å². The molecule has 8 nitrogen and oxygen atoms in total. The van der Waals surface area contributed by atoms with E-state index in [0.29, 0.717) is 12.3 Å². The third kappa shape index (κ3) is 3.83. The number of hydrogen-bond acceptors (Lipinski definition) is 6. The number of imide groups is 1. The van der Waals surface area contributed by atoms with Gasteiger partial charge in [-0.1, -0.05) is 31.9 Å².